The fraction of sp³-hybridized carbons (Fsp3) is 0.417. The molecule has 0 saturated carbocycles. The van der Waals surface area contributed by atoms with Crippen molar-refractivity contribution in [2.75, 3.05) is 51.8 Å². The maximum absolute atomic E-state index is 12.7. The van der Waals surface area contributed by atoms with E-state index in [9.17, 15) is 9.59 Å². The highest BCUT2D eigenvalue weighted by atomic mass is 16.5. The van der Waals surface area contributed by atoms with Crippen LogP contribution in [-0.2, 0) is 4.79 Å². The molecule has 0 bridgehead atoms. The van der Waals surface area contributed by atoms with Crippen molar-refractivity contribution in [2.24, 2.45) is 0 Å². The van der Waals surface area contributed by atoms with Crippen molar-refractivity contribution in [3.63, 3.8) is 0 Å². The van der Waals surface area contributed by atoms with Gasteiger partial charge in [-0.25, -0.2) is 0 Å². The fourth-order valence-electron chi connectivity index (χ4n) is 3.45. The fourth-order valence-corrected chi connectivity index (χ4v) is 3.45. The number of benzene rings is 2. The Labute approximate surface area is 179 Å². The molecule has 2 amide bonds. The largest absolute Gasteiger partial charge is 0.494 e. The Bertz CT molecular complexity index is 839. The monoisotopic (exact) mass is 409 g/mol. The van der Waals surface area contributed by atoms with Crippen molar-refractivity contribution in [3.05, 3.63) is 59.7 Å². The van der Waals surface area contributed by atoms with E-state index in [1.807, 2.05) is 84.2 Å². The van der Waals surface area contributed by atoms with Crippen LogP contribution in [0.15, 0.2) is 48.5 Å². The molecule has 0 N–H and O–H groups in total. The van der Waals surface area contributed by atoms with Crippen LogP contribution < -0.4 is 9.64 Å². The first-order valence-electron chi connectivity index (χ1n) is 10.5. The average Bonchev–Trinajstić information content (AvgIpc) is 2.77. The zero-order valence-corrected chi connectivity index (χ0v) is 18.1. The summed E-state index contributed by atoms with van der Waals surface area (Å²) in [5.41, 5.74) is 2.95. The molecule has 0 atom stereocenters. The van der Waals surface area contributed by atoms with Gasteiger partial charge in [-0.1, -0.05) is 17.7 Å². The van der Waals surface area contributed by atoms with Gasteiger partial charge in [0.1, 0.15) is 5.75 Å². The normalized spacial score (nSPS) is 13.8. The van der Waals surface area contributed by atoms with E-state index >= 15 is 0 Å². The number of hydrogen-bond donors (Lipinski definition) is 0. The number of aryl methyl sites for hydroxylation is 1. The van der Waals surface area contributed by atoms with Gasteiger partial charge < -0.3 is 19.4 Å². The first kappa shape index (κ1) is 21.7. The highest BCUT2D eigenvalue weighted by Gasteiger charge is 2.24. The van der Waals surface area contributed by atoms with Crippen LogP contribution in [0.1, 0.15) is 28.8 Å². The van der Waals surface area contributed by atoms with E-state index in [-0.39, 0.29) is 11.8 Å². The van der Waals surface area contributed by atoms with Gasteiger partial charge in [-0.3, -0.25) is 9.59 Å². The smallest absolute Gasteiger partial charge is 0.253 e. The zero-order valence-electron chi connectivity index (χ0n) is 18.1. The molecule has 0 unspecified atom stereocenters. The van der Waals surface area contributed by atoms with Gasteiger partial charge in [-0.2, -0.15) is 0 Å². The SMILES string of the molecule is Cc1ccc(OCCCC(=O)N2CCN(C(=O)c3ccc(N(C)C)cc3)CC2)cc1. The molecule has 1 aliphatic rings. The van der Waals surface area contributed by atoms with Gasteiger partial charge in [0.2, 0.25) is 5.91 Å². The Kier molecular flexibility index (Phi) is 7.33. The summed E-state index contributed by atoms with van der Waals surface area (Å²) in [6.45, 7) is 4.87. The number of nitrogens with zero attached hydrogens (tertiary/aromatic N) is 3. The molecule has 1 aliphatic heterocycles. The van der Waals surface area contributed by atoms with Crippen LogP contribution in [-0.4, -0.2) is 68.5 Å². The molecule has 2 aromatic carbocycles. The molecular weight excluding hydrogens is 378 g/mol. The van der Waals surface area contributed by atoms with E-state index in [0.717, 1.165) is 11.4 Å². The maximum Gasteiger partial charge on any atom is 0.253 e. The van der Waals surface area contributed by atoms with Gasteiger partial charge in [-0.15, -0.1) is 0 Å². The predicted octanol–water partition coefficient (Wildman–Crippen LogP) is 3.20. The van der Waals surface area contributed by atoms with Crippen molar-refractivity contribution in [1.82, 2.24) is 9.80 Å². The lowest BCUT2D eigenvalue weighted by atomic mass is 10.1. The number of anilines is 1. The van der Waals surface area contributed by atoms with E-state index in [2.05, 4.69) is 0 Å². The van der Waals surface area contributed by atoms with E-state index in [1.165, 1.54) is 5.56 Å². The van der Waals surface area contributed by atoms with Crippen LogP contribution in [0, 0.1) is 6.92 Å². The number of piperazine rings is 1. The third kappa shape index (κ3) is 5.75. The molecule has 1 heterocycles. The summed E-state index contributed by atoms with van der Waals surface area (Å²) in [5.74, 6) is 0.989. The topological polar surface area (TPSA) is 53.1 Å². The van der Waals surface area contributed by atoms with Gasteiger partial charge in [0.25, 0.3) is 5.91 Å². The summed E-state index contributed by atoms with van der Waals surface area (Å²) in [7, 11) is 3.95. The second-order valence-electron chi connectivity index (χ2n) is 7.88. The maximum atomic E-state index is 12.7. The molecule has 0 aromatic heterocycles. The molecule has 6 nitrogen and oxygen atoms in total. The van der Waals surface area contributed by atoms with E-state index in [4.69, 9.17) is 4.74 Å². The third-order valence-corrected chi connectivity index (χ3v) is 5.37. The van der Waals surface area contributed by atoms with E-state index < -0.39 is 0 Å². The minimum Gasteiger partial charge on any atom is -0.494 e. The molecule has 0 radical (unpaired) electrons. The Hall–Kier alpha value is -3.02. The van der Waals surface area contributed by atoms with Gasteiger partial charge in [-0.05, 0) is 49.7 Å². The summed E-state index contributed by atoms with van der Waals surface area (Å²) in [6, 6.07) is 15.5. The number of carbonyl (C=O) groups excluding carboxylic acids is 2. The average molecular weight is 410 g/mol. The summed E-state index contributed by atoms with van der Waals surface area (Å²) >= 11 is 0. The molecule has 160 valence electrons. The molecule has 0 aliphatic carbocycles. The Morgan fingerprint density at radius 3 is 2.10 bits per heavy atom. The number of carbonyl (C=O) groups is 2. The van der Waals surface area contributed by atoms with Crippen molar-refractivity contribution in [1.29, 1.82) is 0 Å². The highest BCUT2D eigenvalue weighted by Crippen LogP contribution is 2.16. The van der Waals surface area contributed by atoms with Crippen LogP contribution in [0.4, 0.5) is 5.69 Å². The van der Waals surface area contributed by atoms with Crippen LogP contribution in [0.5, 0.6) is 5.75 Å². The van der Waals surface area contributed by atoms with Crippen LogP contribution in [0.2, 0.25) is 0 Å². The summed E-state index contributed by atoms with van der Waals surface area (Å²) < 4.78 is 5.69. The Balaban J connectivity index is 1.39. The van der Waals surface area contributed by atoms with Crippen LogP contribution >= 0.6 is 0 Å². The number of amides is 2. The number of hydrogen-bond acceptors (Lipinski definition) is 4. The molecule has 30 heavy (non-hydrogen) atoms. The van der Waals surface area contributed by atoms with Crippen molar-refractivity contribution in [2.45, 2.75) is 19.8 Å². The minimum absolute atomic E-state index is 0.0268. The third-order valence-electron chi connectivity index (χ3n) is 5.37. The summed E-state index contributed by atoms with van der Waals surface area (Å²) in [4.78, 5) is 30.9. The number of ether oxygens (including phenoxy) is 1. The van der Waals surface area contributed by atoms with Gasteiger partial charge in [0.15, 0.2) is 0 Å². The van der Waals surface area contributed by atoms with Gasteiger partial charge in [0.05, 0.1) is 6.61 Å². The second-order valence-corrected chi connectivity index (χ2v) is 7.88. The standard InChI is InChI=1S/C24H31N3O3/c1-19-6-12-22(13-7-19)30-18-4-5-23(28)26-14-16-27(17-15-26)24(29)20-8-10-21(11-9-20)25(2)3/h6-13H,4-5,14-18H2,1-3H3. The quantitative estimate of drug-likeness (QED) is 0.659. The predicted molar refractivity (Wildman–Crippen MR) is 119 cm³/mol. The van der Waals surface area contributed by atoms with Gasteiger partial charge >= 0.3 is 0 Å². The first-order valence-corrected chi connectivity index (χ1v) is 10.5. The first-order chi connectivity index (χ1) is 14.4. The Morgan fingerprint density at radius 2 is 1.50 bits per heavy atom. The van der Waals surface area contributed by atoms with E-state index in [1.54, 1.807) is 0 Å². The van der Waals surface area contributed by atoms with Crippen molar-refractivity contribution >= 4 is 17.5 Å². The Morgan fingerprint density at radius 1 is 0.900 bits per heavy atom. The summed E-state index contributed by atoms with van der Waals surface area (Å²) in [6.07, 6.45) is 1.15. The molecule has 1 saturated heterocycles. The van der Waals surface area contributed by atoms with E-state index in [0.29, 0.717) is 51.2 Å². The van der Waals surface area contributed by atoms with Crippen LogP contribution in [0.3, 0.4) is 0 Å². The lowest BCUT2D eigenvalue weighted by Gasteiger charge is -2.35. The van der Waals surface area contributed by atoms with Crippen LogP contribution in [0.25, 0.3) is 0 Å². The summed E-state index contributed by atoms with van der Waals surface area (Å²) in [5, 5.41) is 0. The molecule has 6 heteroatoms. The molecule has 2 aromatic rings. The number of rotatable bonds is 7. The molecular formula is C24H31N3O3. The molecule has 1 fully saturated rings. The minimum atomic E-state index is 0.0268. The van der Waals surface area contributed by atoms with Crippen molar-refractivity contribution in [3.8, 4) is 5.75 Å². The molecule has 0 spiro atoms. The van der Waals surface area contributed by atoms with Crippen molar-refractivity contribution < 1.29 is 14.3 Å². The second kappa shape index (κ2) is 10.1. The zero-order chi connectivity index (χ0) is 21.5. The lowest BCUT2D eigenvalue weighted by Crippen LogP contribution is -2.50. The van der Waals surface area contributed by atoms with Gasteiger partial charge in [0, 0.05) is 57.9 Å². The molecule has 3 rings (SSSR count). The lowest BCUT2D eigenvalue weighted by molar-refractivity contribution is -0.132. The highest BCUT2D eigenvalue weighted by molar-refractivity contribution is 5.94.